The van der Waals surface area contributed by atoms with Crippen molar-refractivity contribution in [1.82, 2.24) is 0 Å². The minimum atomic E-state index is -0.557. The second kappa shape index (κ2) is 6.71. The number of phenolic OH excluding ortho intramolecular Hbond substituents is 1. The van der Waals surface area contributed by atoms with Gasteiger partial charge < -0.3 is 19.0 Å². The second-order valence-corrected chi connectivity index (χ2v) is 6.88. The van der Waals surface area contributed by atoms with Gasteiger partial charge in [0, 0.05) is 6.07 Å². The van der Waals surface area contributed by atoms with Crippen molar-refractivity contribution in [3.63, 3.8) is 0 Å². The molecule has 0 bridgehead atoms. The highest BCUT2D eigenvalue weighted by Gasteiger charge is 2.32. The first-order valence-corrected chi connectivity index (χ1v) is 9.10. The molecule has 0 fully saturated rings. The number of benzene rings is 2. The Labute approximate surface area is 161 Å². The van der Waals surface area contributed by atoms with Crippen LogP contribution in [0.25, 0.3) is 11.0 Å². The molecular formula is C22H20O6. The van der Waals surface area contributed by atoms with Crippen LogP contribution in [0.5, 0.6) is 17.2 Å². The van der Waals surface area contributed by atoms with E-state index in [1.165, 1.54) is 13.2 Å². The Kier molecular flexibility index (Phi) is 4.34. The predicted octanol–water partition coefficient (Wildman–Crippen LogP) is 4.08. The molecule has 0 saturated carbocycles. The van der Waals surface area contributed by atoms with E-state index in [0.29, 0.717) is 45.6 Å². The van der Waals surface area contributed by atoms with Gasteiger partial charge in [0.25, 0.3) is 0 Å². The molecule has 0 spiro atoms. The molecule has 0 unspecified atom stereocenters. The van der Waals surface area contributed by atoms with Gasteiger partial charge in [-0.05, 0) is 48.2 Å². The summed E-state index contributed by atoms with van der Waals surface area (Å²) in [6.45, 7) is 3.74. The highest BCUT2D eigenvalue weighted by Crippen LogP contribution is 2.43. The van der Waals surface area contributed by atoms with Gasteiger partial charge in [0.2, 0.25) is 0 Å². The Balaban J connectivity index is 1.91. The number of carbonyl (C=O) groups excluding carboxylic acids is 1. The summed E-state index contributed by atoms with van der Waals surface area (Å²) in [4.78, 5) is 24.8. The van der Waals surface area contributed by atoms with Crippen LogP contribution in [0.2, 0.25) is 0 Å². The first-order valence-electron chi connectivity index (χ1n) is 9.10. The monoisotopic (exact) mass is 380 g/mol. The van der Waals surface area contributed by atoms with E-state index in [1.807, 2.05) is 6.92 Å². The average Bonchev–Trinajstić information content (AvgIpc) is 2.66. The molecule has 3 aromatic rings. The number of aryl methyl sites for hydroxylation is 2. The zero-order valence-corrected chi connectivity index (χ0v) is 15.9. The van der Waals surface area contributed by atoms with Crippen LogP contribution in [-0.4, -0.2) is 18.0 Å². The van der Waals surface area contributed by atoms with Crippen molar-refractivity contribution in [3.05, 3.63) is 63.0 Å². The summed E-state index contributed by atoms with van der Waals surface area (Å²) in [6.07, 6.45) is 0.199. The van der Waals surface area contributed by atoms with Gasteiger partial charge in [-0.15, -0.1) is 0 Å². The van der Waals surface area contributed by atoms with Crippen LogP contribution in [-0.2, 0) is 6.42 Å². The normalized spacial score (nSPS) is 16.0. The fourth-order valence-electron chi connectivity index (χ4n) is 3.78. The highest BCUT2D eigenvalue weighted by molar-refractivity contribution is 6.07. The molecule has 1 aliphatic rings. The topological polar surface area (TPSA) is 86.0 Å². The lowest BCUT2D eigenvalue weighted by atomic mass is 9.90. The molecule has 1 aliphatic heterocycles. The van der Waals surface area contributed by atoms with Gasteiger partial charge in [-0.3, -0.25) is 4.79 Å². The maximum atomic E-state index is 12.9. The minimum absolute atomic E-state index is 0.0174. The minimum Gasteiger partial charge on any atom is -0.504 e. The van der Waals surface area contributed by atoms with Gasteiger partial charge in [0.1, 0.15) is 17.4 Å². The van der Waals surface area contributed by atoms with Gasteiger partial charge in [0.15, 0.2) is 17.3 Å². The van der Waals surface area contributed by atoms with E-state index in [-0.39, 0.29) is 18.0 Å². The van der Waals surface area contributed by atoms with E-state index >= 15 is 0 Å². The highest BCUT2D eigenvalue weighted by atomic mass is 16.5. The number of aromatic hydroxyl groups is 1. The maximum Gasteiger partial charge on any atom is 0.336 e. The van der Waals surface area contributed by atoms with E-state index in [0.717, 1.165) is 5.56 Å². The van der Waals surface area contributed by atoms with Crippen molar-refractivity contribution in [3.8, 4) is 17.2 Å². The van der Waals surface area contributed by atoms with Crippen LogP contribution in [0.3, 0.4) is 0 Å². The predicted molar refractivity (Wildman–Crippen MR) is 104 cm³/mol. The zero-order valence-electron chi connectivity index (χ0n) is 15.9. The fraction of sp³-hybridized carbons (Fsp3) is 0.273. The van der Waals surface area contributed by atoms with Crippen LogP contribution in [0.1, 0.15) is 46.5 Å². The Bertz CT molecular complexity index is 1160. The number of Topliss-reactive ketones (excluding diaryl/α,β-unsaturated/α-hetero) is 1. The molecule has 0 radical (unpaired) electrons. The van der Waals surface area contributed by atoms with E-state index in [9.17, 15) is 14.7 Å². The Morgan fingerprint density at radius 3 is 2.68 bits per heavy atom. The molecule has 1 atom stereocenters. The van der Waals surface area contributed by atoms with Gasteiger partial charge >= 0.3 is 5.63 Å². The third kappa shape index (κ3) is 2.81. The van der Waals surface area contributed by atoms with Crippen LogP contribution in [0, 0.1) is 6.92 Å². The number of hydrogen-bond acceptors (Lipinski definition) is 6. The summed E-state index contributed by atoms with van der Waals surface area (Å²) in [5.74, 6) is 0.722. The van der Waals surface area contributed by atoms with Gasteiger partial charge in [0.05, 0.1) is 24.5 Å². The van der Waals surface area contributed by atoms with Crippen LogP contribution < -0.4 is 15.1 Å². The maximum absolute atomic E-state index is 12.9. The van der Waals surface area contributed by atoms with Gasteiger partial charge in [-0.2, -0.15) is 0 Å². The molecular weight excluding hydrogens is 360 g/mol. The molecule has 4 rings (SSSR count). The number of rotatable bonds is 3. The molecule has 28 heavy (non-hydrogen) atoms. The van der Waals surface area contributed by atoms with Gasteiger partial charge in [-0.25, -0.2) is 4.79 Å². The largest absolute Gasteiger partial charge is 0.504 e. The second-order valence-electron chi connectivity index (χ2n) is 6.88. The molecule has 6 nitrogen and oxygen atoms in total. The van der Waals surface area contributed by atoms with Crippen molar-refractivity contribution in [2.45, 2.75) is 32.8 Å². The lowest BCUT2D eigenvalue weighted by Crippen LogP contribution is -2.22. The Morgan fingerprint density at radius 2 is 2.00 bits per heavy atom. The van der Waals surface area contributed by atoms with Crippen molar-refractivity contribution in [1.29, 1.82) is 0 Å². The molecule has 0 saturated heterocycles. The first kappa shape index (κ1) is 18.1. The molecule has 144 valence electrons. The van der Waals surface area contributed by atoms with E-state index in [2.05, 4.69) is 0 Å². The average molecular weight is 380 g/mol. The van der Waals surface area contributed by atoms with Crippen molar-refractivity contribution in [2.75, 3.05) is 7.11 Å². The quantitative estimate of drug-likeness (QED) is 0.689. The number of fused-ring (bicyclic) bond motifs is 3. The van der Waals surface area contributed by atoms with E-state index in [4.69, 9.17) is 13.9 Å². The summed E-state index contributed by atoms with van der Waals surface area (Å²) in [5.41, 5.74) is 2.65. The Hall–Kier alpha value is -3.28. The van der Waals surface area contributed by atoms with Crippen LogP contribution in [0.4, 0.5) is 0 Å². The van der Waals surface area contributed by atoms with Crippen molar-refractivity contribution < 1.29 is 23.8 Å². The summed E-state index contributed by atoms with van der Waals surface area (Å²) in [6, 6.07) is 8.10. The van der Waals surface area contributed by atoms with Crippen molar-refractivity contribution >= 4 is 16.8 Å². The molecule has 6 heteroatoms. The molecule has 2 heterocycles. The standard InChI is InChI=1S/C22H20O6/c1-4-12-9-19(25)27-18-7-11(2)20-15(24)10-17(28-22(20)21(12)18)13-5-6-16(26-3)14(23)8-13/h5-9,17,23H,4,10H2,1-3H3/t17-/m1/s1. The fourth-order valence-corrected chi connectivity index (χ4v) is 3.78. The number of phenols is 1. The number of hydrogen-bond donors (Lipinski definition) is 1. The lowest BCUT2D eigenvalue weighted by molar-refractivity contribution is 0.0852. The van der Waals surface area contributed by atoms with Crippen molar-refractivity contribution in [2.24, 2.45) is 0 Å². The smallest absolute Gasteiger partial charge is 0.336 e. The number of ketones is 1. The molecule has 1 aromatic heterocycles. The zero-order chi connectivity index (χ0) is 20.0. The summed E-state index contributed by atoms with van der Waals surface area (Å²) in [7, 11) is 1.47. The third-order valence-corrected chi connectivity index (χ3v) is 5.13. The molecule has 0 amide bonds. The molecule has 0 aliphatic carbocycles. The summed E-state index contributed by atoms with van der Waals surface area (Å²) >= 11 is 0. The first-order chi connectivity index (χ1) is 13.4. The summed E-state index contributed by atoms with van der Waals surface area (Å²) in [5, 5.41) is 10.7. The third-order valence-electron chi connectivity index (χ3n) is 5.13. The van der Waals surface area contributed by atoms with E-state index in [1.54, 1.807) is 31.2 Å². The molecule has 1 N–H and O–H groups in total. The number of methoxy groups -OCH3 is 1. The number of ether oxygens (including phenoxy) is 2. The number of carbonyl (C=O) groups is 1. The Morgan fingerprint density at radius 1 is 1.21 bits per heavy atom. The lowest BCUT2D eigenvalue weighted by Gasteiger charge is -2.28. The van der Waals surface area contributed by atoms with E-state index < -0.39 is 11.7 Å². The van der Waals surface area contributed by atoms with Crippen LogP contribution >= 0.6 is 0 Å². The van der Waals surface area contributed by atoms with Gasteiger partial charge in [-0.1, -0.05) is 13.0 Å². The SMILES string of the molecule is CCc1cc(=O)oc2cc(C)c3c(c12)O[C@@H](c1ccc(OC)c(O)c1)CC3=O. The summed E-state index contributed by atoms with van der Waals surface area (Å²) < 4.78 is 16.7. The molecule has 2 aromatic carbocycles. The van der Waals surface area contributed by atoms with Crippen LogP contribution in [0.15, 0.2) is 39.5 Å².